The van der Waals surface area contributed by atoms with Crippen molar-refractivity contribution >= 4 is 12.3 Å². The van der Waals surface area contributed by atoms with Crippen LogP contribution in [-0.4, -0.2) is 59.0 Å². The highest BCUT2D eigenvalue weighted by Gasteiger charge is 2.25. The van der Waals surface area contributed by atoms with Crippen LogP contribution in [0.4, 0.5) is 5.82 Å². The first-order chi connectivity index (χ1) is 12.0. The smallest absolute Gasteiger partial charge is 0.293 e. The first kappa shape index (κ1) is 19.4. The molecule has 0 bridgehead atoms. The molecule has 140 valence electrons. The van der Waals surface area contributed by atoms with Gasteiger partial charge in [0.15, 0.2) is 0 Å². The van der Waals surface area contributed by atoms with E-state index in [1.807, 2.05) is 13.8 Å². The van der Waals surface area contributed by atoms with E-state index >= 15 is 0 Å². The Labute approximate surface area is 148 Å². The van der Waals surface area contributed by atoms with E-state index in [0.717, 1.165) is 25.7 Å². The van der Waals surface area contributed by atoms with E-state index in [2.05, 4.69) is 20.6 Å². The molecule has 1 aliphatic carbocycles. The molecule has 0 unspecified atom stereocenters. The number of aliphatic hydroxyl groups excluding tert-OH is 1. The molecule has 8 heteroatoms. The monoisotopic (exact) mass is 352 g/mol. The van der Waals surface area contributed by atoms with Crippen LogP contribution in [0, 0.1) is 0 Å². The Morgan fingerprint density at radius 3 is 2.76 bits per heavy atom. The van der Waals surface area contributed by atoms with Gasteiger partial charge in [0.1, 0.15) is 23.9 Å². The largest absolute Gasteiger partial charge is 0.474 e. The Morgan fingerprint density at radius 1 is 1.32 bits per heavy atom. The van der Waals surface area contributed by atoms with Gasteiger partial charge in [-0.3, -0.25) is 4.79 Å². The van der Waals surface area contributed by atoms with Gasteiger partial charge < -0.3 is 25.2 Å². The van der Waals surface area contributed by atoms with Gasteiger partial charge in [0.25, 0.3) is 6.47 Å². The SMILES string of the molecule is CC(C)(CNC1CCC(Oc2cc(NCCO)ncn2)CC1)OC=O. The molecule has 1 aliphatic rings. The van der Waals surface area contributed by atoms with Crippen LogP contribution < -0.4 is 15.4 Å². The number of carbonyl (C=O) groups is 1. The highest BCUT2D eigenvalue weighted by molar-refractivity contribution is 5.38. The Balaban J connectivity index is 1.74. The highest BCUT2D eigenvalue weighted by atomic mass is 16.5. The van der Waals surface area contributed by atoms with E-state index in [-0.39, 0.29) is 12.7 Å². The van der Waals surface area contributed by atoms with Crippen molar-refractivity contribution in [1.82, 2.24) is 15.3 Å². The molecule has 0 amide bonds. The van der Waals surface area contributed by atoms with Gasteiger partial charge in [0.2, 0.25) is 5.88 Å². The molecule has 0 atom stereocenters. The second kappa shape index (κ2) is 9.53. The zero-order valence-electron chi connectivity index (χ0n) is 14.9. The summed E-state index contributed by atoms with van der Waals surface area (Å²) in [6.45, 7) is 5.40. The summed E-state index contributed by atoms with van der Waals surface area (Å²) in [4.78, 5) is 18.7. The average molecular weight is 352 g/mol. The third-order valence-electron chi connectivity index (χ3n) is 4.21. The summed E-state index contributed by atoms with van der Waals surface area (Å²) in [7, 11) is 0. The summed E-state index contributed by atoms with van der Waals surface area (Å²) in [5, 5.41) is 15.3. The first-order valence-corrected chi connectivity index (χ1v) is 8.70. The summed E-state index contributed by atoms with van der Waals surface area (Å²) in [5.41, 5.74) is -0.492. The number of anilines is 1. The lowest BCUT2D eigenvalue weighted by atomic mass is 9.92. The summed E-state index contributed by atoms with van der Waals surface area (Å²) in [6.07, 6.45) is 5.48. The maximum absolute atomic E-state index is 10.5. The Kier molecular flexibility index (Phi) is 7.39. The lowest BCUT2D eigenvalue weighted by Gasteiger charge is -2.32. The van der Waals surface area contributed by atoms with E-state index in [4.69, 9.17) is 14.6 Å². The Morgan fingerprint density at radius 2 is 2.08 bits per heavy atom. The summed E-state index contributed by atoms with van der Waals surface area (Å²) >= 11 is 0. The Bertz CT molecular complexity index is 533. The third-order valence-corrected chi connectivity index (χ3v) is 4.21. The maximum atomic E-state index is 10.5. The van der Waals surface area contributed by atoms with Gasteiger partial charge in [0, 0.05) is 25.2 Å². The standard InChI is InChI=1S/C17H28N4O4/c1-17(2,24-12-23)10-19-13-3-5-14(6-4-13)25-16-9-15(18-7-8-22)20-11-21-16/h9,11-14,19,22H,3-8,10H2,1-2H3,(H,18,20,21). The van der Waals surface area contributed by atoms with Gasteiger partial charge in [-0.05, 0) is 39.5 Å². The van der Waals surface area contributed by atoms with Crippen LogP contribution in [0.2, 0.25) is 0 Å². The minimum absolute atomic E-state index is 0.0475. The maximum Gasteiger partial charge on any atom is 0.293 e. The molecule has 25 heavy (non-hydrogen) atoms. The van der Waals surface area contributed by atoms with Gasteiger partial charge in [0.05, 0.1) is 6.61 Å². The number of aromatic nitrogens is 2. The minimum Gasteiger partial charge on any atom is -0.474 e. The molecule has 1 aromatic rings. The predicted molar refractivity (Wildman–Crippen MR) is 93.5 cm³/mol. The van der Waals surface area contributed by atoms with Gasteiger partial charge >= 0.3 is 0 Å². The molecule has 0 saturated heterocycles. The molecule has 0 aliphatic heterocycles. The zero-order chi connectivity index (χ0) is 18.1. The van der Waals surface area contributed by atoms with Crippen molar-refractivity contribution in [1.29, 1.82) is 0 Å². The van der Waals surface area contributed by atoms with Gasteiger partial charge in [-0.1, -0.05) is 0 Å². The number of rotatable bonds is 10. The number of nitrogens with zero attached hydrogens (tertiary/aromatic N) is 2. The number of hydrogen-bond acceptors (Lipinski definition) is 8. The number of nitrogens with one attached hydrogen (secondary N) is 2. The number of hydrogen-bond donors (Lipinski definition) is 3. The predicted octanol–water partition coefficient (Wildman–Crippen LogP) is 1.11. The van der Waals surface area contributed by atoms with Crippen LogP contribution in [0.5, 0.6) is 5.88 Å². The fraction of sp³-hybridized carbons (Fsp3) is 0.706. The number of aliphatic hydroxyl groups is 1. The number of ether oxygens (including phenoxy) is 2. The van der Waals surface area contributed by atoms with Gasteiger partial charge in [-0.2, -0.15) is 0 Å². The normalized spacial score (nSPS) is 20.8. The van der Waals surface area contributed by atoms with Crippen molar-refractivity contribution in [3.8, 4) is 5.88 Å². The molecule has 0 spiro atoms. The van der Waals surface area contributed by atoms with E-state index in [1.165, 1.54) is 6.33 Å². The molecule has 0 aromatic carbocycles. The molecular formula is C17H28N4O4. The lowest BCUT2D eigenvalue weighted by molar-refractivity contribution is -0.140. The van der Waals surface area contributed by atoms with E-state index in [0.29, 0.717) is 37.3 Å². The lowest BCUT2D eigenvalue weighted by Crippen LogP contribution is -2.44. The molecule has 3 N–H and O–H groups in total. The molecule has 1 heterocycles. The van der Waals surface area contributed by atoms with Crippen LogP contribution in [-0.2, 0) is 9.53 Å². The third kappa shape index (κ3) is 6.83. The molecule has 0 radical (unpaired) electrons. The molecule has 1 fully saturated rings. The van der Waals surface area contributed by atoms with Crippen molar-refractivity contribution in [2.24, 2.45) is 0 Å². The molecule has 8 nitrogen and oxygen atoms in total. The van der Waals surface area contributed by atoms with Crippen LogP contribution in [0.1, 0.15) is 39.5 Å². The second-order valence-corrected chi connectivity index (χ2v) is 6.84. The van der Waals surface area contributed by atoms with Crippen LogP contribution in [0.25, 0.3) is 0 Å². The quantitative estimate of drug-likeness (QED) is 0.538. The topological polar surface area (TPSA) is 106 Å². The van der Waals surface area contributed by atoms with Gasteiger partial charge in [-0.25, -0.2) is 9.97 Å². The van der Waals surface area contributed by atoms with Crippen LogP contribution in [0.3, 0.4) is 0 Å². The van der Waals surface area contributed by atoms with Gasteiger partial charge in [-0.15, -0.1) is 0 Å². The van der Waals surface area contributed by atoms with E-state index in [1.54, 1.807) is 6.07 Å². The molecule has 1 saturated carbocycles. The number of carbonyl (C=O) groups excluding carboxylic acids is 1. The van der Waals surface area contributed by atoms with Crippen molar-refractivity contribution in [2.75, 3.05) is 25.0 Å². The highest BCUT2D eigenvalue weighted by Crippen LogP contribution is 2.24. The first-order valence-electron chi connectivity index (χ1n) is 8.70. The van der Waals surface area contributed by atoms with E-state index < -0.39 is 5.60 Å². The summed E-state index contributed by atoms with van der Waals surface area (Å²) < 4.78 is 11.0. The molecule has 1 aromatic heterocycles. The summed E-state index contributed by atoms with van der Waals surface area (Å²) in [5.74, 6) is 1.19. The van der Waals surface area contributed by atoms with Crippen molar-refractivity contribution in [3.63, 3.8) is 0 Å². The van der Waals surface area contributed by atoms with E-state index in [9.17, 15) is 4.79 Å². The average Bonchev–Trinajstić information content (AvgIpc) is 2.60. The zero-order valence-corrected chi connectivity index (χ0v) is 14.9. The van der Waals surface area contributed by atoms with Crippen molar-refractivity contribution in [3.05, 3.63) is 12.4 Å². The fourth-order valence-corrected chi connectivity index (χ4v) is 2.80. The summed E-state index contributed by atoms with van der Waals surface area (Å²) in [6, 6.07) is 2.15. The molecular weight excluding hydrogens is 324 g/mol. The Hall–Kier alpha value is -1.93. The second-order valence-electron chi connectivity index (χ2n) is 6.84. The van der Waals surface area contributed by atoms with Crippen molar-refractivity contribution < 1.29 is 19.4 Å². The minimum atomic E-state index is -0.492. The molecule has 2 rings (SSSR count). The van der Waals surface area contributed by atoms with Crippen LogP contribution in [0.15, 0.2) is 12.4 Å². The fourth-order valence-electron chi connectivity index (χ4n) is 2.80. The van der Waals surface area contributed by atoms with Crippen LogP contribution >= 0.6 is 0 Å². The van der Waals surface area contributed by atoms with Crippen molar-refractivity contribution in [2.45, 2.75) is 57.3 Å².